The number of imidazole rings is 1. The van der Waals surface area contributed by atoms with Crippen LogP contribution >= 0.6 is 0 Å². The molecule has 3 nitrogen and oxygen atoms in total. The van der Waals surface area contributed by atoms with Crippen LogP contribution in [-0.4, -0.2) is 9.55 Å². The lowest BCUT2D eigenvalue weighted by Gasteiger charge is -2.12. The average Bonchev–Trinajstić information content (AvgIpc) is 2.77. The quantitative estimate of drug-likeness (QED) is 0.896. The summed E-state index contributed by atoms with van der Waals surface area (Å²) in [4.78, 5) is 3.95. The van der Waals surface area contributed by atoms with E-state index in [0.717, 1.165) is 17.8 Å². The number of rotatable bonds is 2. The van der Waals surface area contributed by atoms with Crippen LogP contribution in [0, 0.1) is 0 Å². The lowest BCUT2D eigenvalue weighted by molar-refractivity contribution is -0.137. The Labute approximate surface area is 102 Å². The Morgan fingerprint density at radius 1 is 1.22 bits per heavy atom. The Morgan fingerprint density at radius 3 is 2.33 bits per heavy atom. The lowest BCUT2D eigenvalue weighted by Crippen LogP contribution is -2.11. The van der Waals surface area contributed by atoms with Gasteiger partial charge in [0.15, 0.2) is 0 Å². The molecule has 1 aromatic heterocycles. The van der Waals surface area contributed by atoms with Crippen LogP contribution < -0.4 is 5.73 Å². The second-order valence-electron chi connectivity index (χ2n) is 4.02. The van der Waals surface area contributed by atoms with Crippen molar-refractivity contribution < 1.29 is 13.2 Å². The zero-order valence-electron chi connectivity index (χ0n) is 9.65. The number of aromatic nitrogens is 2. The van der Waals surface area contributed by atoms with Crippen molar-refractivity contribution in [3.8, 4) is 5.69 Å². The highest BCUT2D eigenvalue weighted by Gasteiger charge is 2.30. The molecule has 6 heteroatoms. The topological polar surface area (TPSA) is 43.8 Å². The van der Waals surface area contributed by atoms with E-state index in [9.17, 15) is 13.2 Å². The van der Waals surface area contributed by atoms with E-state index in [1.54, 1.807) is 17.7 Å². The summed E-state index contributed by atoms with van der Waals surface area (Å²) in [6, 6.07) is 4.64. The number of alkyl halides is 3. The summed E-state index contributed by atoms with van der Waals surface area (Å²) in [6.45, 7) is 1.79. The average molecular weight is 255 g/mol. The predicted molar refractivity (Wildman–Crippen MR) is 61.2 cm³/mol. The number of benzene rings is 1. The largest absolute Gasteiger partial charge is 0.416 e. The van der Waals surface area contributed by atoms with E-state index in [2.05, 4.69) is 4.98 Å². The first-order chi connectivity index (χ1) is 8.39. The Balaban J connectivity index is 2.38. The van der Waals surface area contributed by atoms with Crippen LogP contribution in [0.15, 0.2) is 36.8 Å². The first-order valence-electron chi connectivity index (χ1n) is 5.35. The zero-order valence-corrected chi connectivity index (χ0v) is 9.65. The van der Waals surface area contributed by atoms with Crippen LogP contribution in [0.2, 0.25) is 0 Å². The fraction of sp³-hybridized carbons (Fsp3) is 0.250. The van der Waals surface area contributed by atoms with Gasteiger partial charge in [-0.15, -0.1) is 0 Å². The SMILES string of the molecule is C[C@H](N)c1cncn1-c1ccc(C(F)(F)F)cc1. The molecule has 0 unspecified atom stereocenters. The van der Waals surface area contributed by atoms with Crippen molar-refractivity contribution in [2.24, 2.45) is 5.73 Å². The molecule has 2 N–H and O–H groups in total. The van der Waals surface area contributed by atoms with Crippen LogP contribution in [-0.2, 0) is 6.18 Å². The number of halogens is 3. The van der Waals surface area contributed by atoms with Gasteiger partial charge in [-0.3, -0.25) is 0 Å². The molecule has 0 aliphatic heterocycles. The first-order valence-corrected chi connectivity index (χ1v) is 5.35. The minimum absolute atomic E-state index is 0.241. The van der Waals surface area contributed by atoms with Crippen molar-refractivity contribution >= 4 is 0 Å². The van der Waals surface area contributed by atoms with Gasteiger partial charge in [-0.05, 0) is 31.2 Å². The second-order valence-corrected chi connectivity index (χ2v) is 4.02. The molecule has 0 saturated carbocycles. The summed E-state index contributed by atoms with van der Waals surface area (Å²) in [5.74, 6) is 0. The van der Waals surface area contributed by atoms with Gasteiger partial charge in [-0.2, -0.15) is 13.2 Å². The standard InChI is InChI=1S/C12H12F3N3/c1-8(16)11-6-17-7-18(11)10-4-2-9(3-5-10)12(13,14)15/h2-8H,16H2,1H3/t8-/m0/s1. The third-order valence-electron chi connectivity index (χ3n) is 2.61. The number of nitrogens with two attached hydrogens (primary N) is 1. The monoisotopic (exact) mass is 255 g/mol. The van der Waals surface area contributed by atoms with E-state index in [1.165, 1.54) is 18.5 Å². The van der Waals surface area contributed by atoms with Crippen LogP contribution in [0.5, 0.6) is 0 Å². The summed E-state index contributed by atoms with van der Waals surface area (Å²) in [6.07, 6.45) is -1.19. The highest BCUT2D eigenvalue weighted by molar-refractivity contribution is 5.37. The van der Waals surface area contributed by atoms with Gasteiger partial charge in [-0.1, -0.05) is 0 Å². The summed E-state index contributed by atoms with van der Waals surface area (Å²) in [5, 5.41) is 0. The molecule has 0 aliphatic carbocycles. The van der Waals surface area contributed by atoms with Gasteiger partial charge in [0.25, 0.3) is 0 Å². The molecule has 96 valence electrons. The van der Waals surface area contributed by atoms with E-state index >= 15 is 0 Å². The van der Waals surface area contributed by atoms with Gasteiger partial charge in [-0.25, -0.2) is 4.98 Å². The van der Waals surface area contributed by atoms with Gasteiger partial charge < -0.3 is 10.3 Å². The molecule has 1 aromatic carbocycles. The third kappa shape index (κ3) is 2.38. The summed E-state index contributed by atoms with van der Waals surface area (Å²) >= 11 is 0. The van der Waals surface area contributed by atoms with Gasteiger partial charge >= 0.3 is 6.18 Å². The van der Waals surface area contributed by atoms with Crippen molar-refractivity contribution in [2.75, 3.05) is 0 Å². The van der Waals surface area contributed by atoms with E-state index in [1.807, 2.05) is 0 Å². The fourth-order valence-electron chi connectivity index (χ4n) is 1.67. The summed E-state index contributed by atoms with van der Waals surface area (Å²) < 4.78 is 39.0. The molecule has 18 heavy (non-hydrogen) atoms. The molecule has 0 aliphatic rings. The van der Waals surface area contributed by atoms with E-state index in [-0.39, 0.29) is 6.04 Å². The molecule has 1 heterocycles. The zero-order chi connectivity index (χ0) is 13.3. The highest BCUT2D eigenvalue weighted by Crippen LogP contribution is 2.29. The summed E-state index contributed by atoms with van der Waals surface area (Å²) in [7, 11) is 0. The van der Waals surface area contributed by atoms with Crippen molar-refractivity contribution in [1.29, 1.82) is 0 Å². The van der Waals surface area contributed by atoms with Crippen molar-refractivity contribution in [3.05, 3.63) is 48.0 Å². The molecule has 0 radical (unpaired) electrons. The maximum absolute atomic E-state index is 12.4. The lowest BCUT2D eigenvalue weighted by atomic mass is 10.2. The number of hydrogen-bond donors (Lipinski definition) is 1. The van der Waals surface area contributed by atoms with Gasteiger partial charge in [0.2, 0.25) is 0 Å². The Morgan fingerprint density at radius 2 is 1.83 bits per heavy atom. The Hall–Kier alpha value is -1.82. The van der Waals surface area contributed by atoms with E-state index in [4.69, 9.17) is 5.73 Å². The minimum Gasteiger partial charge on any atom is -0.323 e. The molecular formula is C12H12F3N3. The van der Waals surface area contributed by atoms with E-state index < -0.39 is 11.7 Å². The van der Waals surface area contributed by atoms with Crippen LogP contribution in [0.25, 0.3) is 5.69 Å². The molecule has 2 aromatic rings. The van der Waals surface area contributed by atoms with Crippen molar-refractivity contribution in [3.63, 3.8) is 0 Å². The van der Waals surface area contributed by atoms with Crippen molar-refractivity contribution in [2.45, 2.75) is 19.1 Å². The number of hydrogen-bond acceptors (Lipinski definition) is 2. The van der Waals surface area contributed by atoms with Crippen molar-refractivity contribution in [1.82, 2.24) is 9.55 Å². The van der Waals surface area contributed by atoms with Crippen LogP contribution in [0.4, 0.5) is 13.2 Å². The first kappa shape index (κ1) is 12.6. The molecule has 0 saturated heterocycles. The molecule has 2 rings (SSSR count). The second kappa shape index (κ2) is 4.45. The summed E-state index contributed by atoms with van der Waals surface area (Å²) in [5.41, 5.74) is 6.43. The Kier molecular flexibility index (Phi) is 3.13. The maximum atomic E-state index is 12.4. The maximum Gasteiger partial charge on any atom is 0.416 e. The molecule has 0 fully saturated rings. The molecule has 0 bridgehead atoms. The van der Waals surface area contributed by atoms with Crippen LogP contribution in [0.3, 0.4) is 0 Å². The molecule has 0 spiro atoms. The van der Waals surface area contributed by atoms with Crippen LogP contribution in [0.1, 0.15) is 24.2 Å². The Bertz CT molecular complexity index is 526. The fourth-order valence-corrected chi connectivity index (χ4v) is 1.67. The smallest absolute Gasteiger partial charge is 0.323 e. The molecule has 1 atom stereocenters. The van der Waals surface area contributed by atoms with E-state index in [0.29, 0.717) is 5.69 Å². The normalized spacial score (nSPS) is 13.6. The predicted octanol–water partition coefficient (Wildman–Crippen LogP) is 2.91. The van der Waals surface area contributed by atoms with Gasteiger partial charge in [0.1, 0.15) is 0 Å². The third-order valence-corrected chi connectivity index (χ3v) is 2.61. The number of nitrogens with zero attached hydrogens (tertiary/aromatic N) is 2. The van der Waals surface area contributed by atoms with Gasteiger partial charge in [0, 0.05) is 11.7 Å². The highest BCUT2D eigenvalue weighted by atomic mass is 19.4. The molecule has 0 amide bonds. The molecular weight excluding hydrogens is 243 g/mol. The van der Waals surface area contributed by atoms with Gasteiger partial charge in [0.05, 0.1) is 23.8 Å². The minimum atomic E-state index is -4.32.